The van der Waals surface area contributed by atoms with Crippen molar-refractivity contribution < 1.29 is 14.4 Å². The number of carbonyl (C=O) groups is 3. The largest absolute Gasteiger partial charge is 0.300 e. The van der Waals surface area contributed by atoms with Gasteiger partial charge in [-0.05, 0) is 25.7 Å². The maximum Gasteiger partial charge on any atom is 0.133 e. The van der Waals surface area contributed by atoms with Gasteiger partial charge in [0.25, 0.3) is 0 Å². The molecule has 0 N–H and O–H groups in total. The lowest BCUT2D eigenvalue weighted by Gasteiger charge is -2.27. The third kappa shape index (κ3) is 7.03. The van der Waals surface area contributed by atoms with Crippen LogP contribution in [-0.4, -0.2) is 17.3 Å². The van der Waals surface area contributed by atoms with Crippen LogP contribution < -0.4 is 0 Å². The Balaban J connectivity index is 4.54. The number of ketones is 3. The van der Waals surface area contributed by atoms with Crippen molar-refractivity contribution in [1.29, 1.82) is 0 Å². The summed E-state index contributed by atoms with van der Waals surface area (Å²) in [5.41, 5.74) is -0.593. The molecule has 0 heterocycles. The molecule has 1 radical (unpaired) electrons. The van der Waals surface area contributed by atoms with Crippen molar-refractivity contribution in [2.24, 2.45) is 5.41 Å². The molecule has 0 aliphatic heterocycles. The van der Waals surface area contributed by atoms with Gasteiger partial charge < -0.3 is 4.79 Å². The summed E-state index contributed by atoms with van der Waals surface area (Å²) in [6.07, 6.45) is 2.44. The van der Waals surface area contributed by atoms with E-state index in [1.54, 1.807) is 6.92 Å². The Hall–Kier alpha value is -0.990. The number of carbonyl (C=O) groups excluding carboxylic acids is 3. The molecule has 1 atom stereocenters. The van der Waals surface area contributed by atoms with Gasteiger partial charge in [0.15, 0.2) is 0 Å². The molecule has 0 saturated heterocycles. The van der Waals surface area contributed by atoms with Gasteiger partial charge in [0, 0.05) is 32.1 Å². The quantitative estimate of drug-likeness (QED) is 0.621. The molecule has 0 rings (SSSR count). The van der Waals surface area contributed by atoms with Gasteiger partial charge in [0.1, 0.15) is 17.3 Å². The number of hydrogen-bond donors (Lipinski definition) is 0. The zero-order valence-corrected chi connectivity index (χ0v) is 11.2. The van der Waals surface area contributed by atoms with Gasteiger partial charge in [-0.1, -0.05) is 13.8 Å². The number of Topliss-reactive ketones (excluding diaryl/α,β-unsaturated/α-hetero) is 3. The molecule has 0 aromatic rings. The second-order valence-corrected chi connectivity index (χ2v) is 4.84. The summed E-state index contributed by atoms with van der Waals surface area (Å²) in [5, 5.41) is 0. The summed E-state index contributed by atoms with van der Waals surface area (Å²) >= 11 is 0. The van der Waals surface area contributed by atoms with Crippen LogP contribution in [0.4, 0.5) is 0 Å². The second kappa shape index (κ2) is 7.36. The molecule has 1 unspecified atom stereocenters. The van der Waals surface area contributed by atoms with E-state index in [-0.39, 0.29) is 23.8 Å². The Kier molecular flexibility index (Phi) is 6.93. The highest BCUT2D eigenvalue weighted by molar-refractivity contribution is 5.82. The maximum atomic E-state index is 11.5. The zero-order valence-electron chi connectivity index (χ0n) is 11.2. The highest BCUT2D eigenvalue weighted by atomic mass is 16.1. The van der Waals surface area contributed by atoms with E-state index < -0.39 is 5.41 Å². The summed E-state index contributed by atoms with van der Waals surface area (Å²) in [7, 11) is 0. The fourth-order valence-electron chi connectivity index (χ4n) is 1.89. The Morgan fingerprint density at radius 3 is 1.94 bits per heavy atom. The van der Waals surface area contributed by atoms with Crippen LogP contribution in [-0.2, 0) is 14.4 Å². The molecule has 17 heavy (non-hydrogen) atoms. The fraction of sp³-hybridized carbons (Fsp3) is 0.714. The van der Waals surface area contributed by atoms with Crippen LogP contribution in [0, 0.1) is 12.3 Å². The lowest BCUT2D eigenvalue weighted by molar-refractivity contribution is -0.124. The van der Waals surface area contributed by atoms with Crippen LogP contribution in [0.25, 0.3) is 0 Å². The van der Waals surface area contributed by atoms with Crippen LogP contribution in [0.3, 0.4) is 0 Å². The topological polar surface area (TPSA) is 51.2 Å². The molecule has 0 saturated carbocycles. The minimum absolute atomic E-state index is 0.0212. The van der Waals surface area contributed by atoms with Crippen molar-refractivity contribution in [2.75, 3.05) is 0 Å². The average molecular weight is 239 g/mol. The van der Waals surface area contributed by atoms with Crippen LogP contribution in [0.15, 0.2) is 0 Å². The normalized spacial score (nSPS) is 14.1. The third-order valence-electron chi connectivity index (χ3n) is 2.92. The van der Waals surface area contributed by atoms with Crippen molar-refractivity contribution in [1.82, 2.24) is 0 Å². The predicted molar refractivity (Wildman–Crippen MR) is 67.5 cm³/mol. The molecule has 0 amide bonds. The molecule has 3 nitrogen and oxygen atoms in total. The van der Waals surface area contributed by atoms with Gasteiger partial charge in [0.05, 0.1) is 0 Å². The average Bonchev–Trinajstić information content (AvgIpc) is 2.24. The summed E-state index contributed by atoms with van der Waals surface area (Å²) in [6.45, 7) is 9.12. The SMILES string of the molecule is [CH2]C(CCC(=O)CC)(CC(C)=O)CC(=O)CC. The van der Waals surface area contributed by atoms with E-state index in [1.807, 2.05) is 6.92 Å². The summed E-state index contributed by atoms with van der Waals surface area (Å²) in [6, 6.07) is 0. The summed E-state index contributed by atoms with van der Waals surface area (Å²) < 4.78 is 0. The van der Waals surface area contributed by atoms with Crippen molar-refractivity contribution in [3.8, 4) is 0 Å². The Morgan fingerprint density at radius 2 is 1.53 bits per heavy atom. The third-order valence-corrected chi connectivity index (χ3v) is 2.92. The highest BCUT2D eigenvalue weighted by Gasteiger charge is 2.29. The second-order valence-electron chi connectivity index (χ2n) is 4.84. The zero-order chi connectivity index (χ0) is 13.5. The van der Waals surface area contributed by atoms with E-state index in [2.05, 4.69) is 6.92 Å². The minimum Gasteiger partial charge on any atom is -0.300 e. The predicted octanol–water partition coefficient (Wildman–Crippen LogP) is 2.91. The molecule has 0 aliphatic rings. The molecule has 3 heteroatoms. The smallest absolute Gasteiger partial charge is 0.133 e. The molecule has 0 aromatic carbocycles. The molecule has 97 valence electrons. The lowest BCUT2D eigenvalue weighted by Crippen LogP contribution is -2.25. The fourth-order valence-corrected chi connectivity index (χ4v) is 1.89. The molecule has 0 aromatic heterocycles. The van der Waals surface area contributed by atoms with Crippen molar-refractivity contribution >= 4 is 17.3 Å². The van der Waals surface area contributed by atoms with Crippen LogP contribution in [0.2, 0.25) is 0 Å². The van der Waals surface area contributed by atoms with E-state index in [9.17, 15) is 14.4 Å². The van der Waals surface area contributed by atoms with E-state index in [4.69, 9.17) is 0 Å². The molecule has 0 spiro atoms. The first-order valence-corrected chi connectivity index (χ1v) is 6.21. The van der Waals surface area contributed by atoms with E-state index in [1.165, 1.54) is 6.92 Å². The van der Waals surface area contributed by atoms with Gasteiger partial charge in [-0.15, -0.1) is 0 Å². The highest BCUT2D eigenvalue weighted by Crippen LogP contribution is 2.32. The molecular weight excluding hydrogens is 216 g/mol. The van der Waals surface area contributed by atoms with Crippen molar-refractivity contribution in [3.63, 3.8) is 0 Å². The number of rotatable bonds is 9. The molecular formula is C14H23O3. The first kappa shape index (κ1) is 16.0. The maximum absolute atomic E-state index is 11.5. The van der Waals surface area contributed by atoms with Gasteiger partial charge in [-0.25, -0.2) is 0 Å². The van der Waals surface area contributed by atoms with Gasteiger partial charge >= 0.3 is 0 Å². The molecule has 0 fully saturated rings. The van der Waals surface area contributed by atoms with Crippen molar-refractivity contribution in [2.45, 2.75) is 59.3 Å². The van der Waals surface area contributed by atoms with Crippen LogP contribution in [0.1, 0.15) is 59.3 Å². The monoisotopic (exact) mass is 239 g/mol. The first-order valence-electron chi connectivity index (χ1n) is 6.21. The molecule has 0 aliphatic carbocycles. The van der Waals surface area contributed by atoms with E-state index in [0.29, 0.717) is 32.1 Å². The Labute approximate surface area is 104 Å². The molecule has 0 bridgehead atoms. The van der Waals surface area contributed by atoms with Crippen LogP contribution in [0.5, 0.6) is 0 Å². The lowest BCUT2D eigenvalue weighted by atomic mass is 9.76. The van der Waals surface area contributed by atoms with Gasteiger partial charge in [-0.3, -0.25) is 9.59 Å². The Morgan fingerprint density at radius 1 is 1.00 bits per heavy atom. The summed E-state index contributed by atoms with van der Waals surface area (Å²) in [5.74, 6) is 0.281. The van der Waals surface area contributed by atoms with E-state index in [0.717, 1.165) is 0 Å². The van der Waals surface area contributed by atoms with Gasteiger partial charge in [-0.2, -0.15) is 0 Å². The first-order chi connectivity index (χ1) is 7.83. The summed E-state index contributed by atoms with van der Waals surface area (Å²) in [4.78, 5) is 34.0. The number of hydrogen-bond acceptors (Lipinski definition) is 3. The standard InChI is InChI=1S/C14H23O3/c1-5-12(16)7-8-14(4,9-11(3)15)10-13(17)6-2/h4-10H2,1-3H3. The van der Waals surface area contributed by atoms with E-state index >= 15 is 0 Å². The minimum atomic E-state index is -0.593. The van der Waals surface area contributed by atoms with Crippen molar-refractivity contribution in [3.05, 3.63) is 6.92 Å². The van der Waals surface area contributed by atoms with Crippen LogP contribution >= 0.6 is 0 Å². The Bertz CT molecular complexity index is 294. The van der Waals surface area contributed by atoms with Gasteiger partial charge in [0.2, 0.25) is 0 Å².